The molecule has 1 aromatic carbocycles. The Hall–Kier alpha value is -1.32. The van der Waals surface area contributed by atoms with Gasteiger partial charge < -0.3 is 16.5 Å². The second-order valence-electron chi connectivity index (χ2n) is 3.71. The molecule has 5 N–H and O–H groups in total. The molecule has 0 saturated carbocycles. The second kappa shape index (κ2) is 3.44. The summed E-state index contributed by atoms with van der Waals surface area (Å²) in [5, 5.41) is 1.20. The summed E-state index contributed by atoms with van der Waals surface area (Å²) in [6.45, 7) is 1.92. The molecule has 2 rings (SSSR count). The van der Waals surface area contributed by atoms with Gasteiger partial charge in [0.15, 0.2) is 0 Å². The summed E-state index contributed by atoms with van der Waals surface area (Å²) in [5.74, 6) is 0. The highest BCUT2D eigenvalue weighted by atomic mass is 14.8. The smallest absolute Gasteiger partial charge is 0.0457 e. The van der Waals surface area contributed by atoms with E-state index in [-0.39, 0.29) is 12.1 Å². The fraction of sp³-hybridized carbons (Fsp3) is 0.273. The minimum atomic E-state index is -0.0947. The minimum Gasteiger partial charge on any atom is -0.361 e. The fourth-order valence-corrected chi connectivity index (χ4v) is 1.58. The van der Waals surface area contributed by atoms with Crippen LogP contribution in [0.15, 0.2) is 30.5 Å². The van der Waals surface area contributed by atoms with Crippen LogP contribution in [0.2, 0.25) is 0 Å². The van der Waals surface area contributed by atoms with Crippen LogP contribution in [0.3, 0.4) is 0 Å². The highest BCUT2D eigenvalue weighted by molar-refractivity contribution is 5.79. The molecule has 0 aliphatic heterocycles. The zero-order chi connectivity index (χ0) is 10.1. The van der Waals surface area contributed by atoms with E-state index in [1.165, 1.54) is 5.39 Å². The van der Waals surface area contributed by atoms with Crippen LogP contribution in [-0.4, -0.2) is 11.0 Å². The third-order valence-electron chi connectivity index (χ3n) is 2.53. The van der Waals surface area contributed by atoms with Crippen LogP contribution in [0.1, 0.15) is 18.5 Å². The van der Waals surface area contributed by atoms with Crippen molar-refractivity contribution in [3.8, 4) is 0 Å². The highest BCUT2D eigenvalue weighted by Crippen LogP contribution is 2.19. The molecule has 0 spiro atoms. The Morgan fingerprint density at radius 2 is 2.00 bits per heavy atom. The first-order chi connectivity index (χ1) is 6.68. The van der Waals surface area contributed by atoms with Crippen molar-refractivity contribution in [3.63, 3.8) is 0 Å². The van der Waals surface area contributed by atoms with Crippen molar-refractivity contribution >= 4 is 10.9 Å². The number of hydrogen-bond donors (Lipinski definition) is 3. The van der Waals surface area contributed by atoms with Crippen molar-refractivity contribution in [2.24, 2.45) is 11.5 Å². The molecular weight excluding hydrogens is 174 g/mol. The Labute approximate surface area is 83.1 Å². The van der Waals surface area contributed by atoms with E-state index in [4.69, 9.17) is 11.5 Å². The Balaban J connectivity index is 2.43. The standard InChI is InChI=1S/C11H15N3/c1-7(12)11(13)9-3-2-8-4-5-14-10(8)6-9/h2-7,11,14H,12-13H2,1H3/t7-,11+/m0/s1. The van der Waals surface area contributed by atoms with Crippen molar-refractivity contribution in [2.45, 2.75) is 19.0 Å². The van der Waals surface area contributed by atoms with E-state index in [0.717, 1.165) is 11.1 Å². The Bertz CT molecular complexity index is 431. The molecule has 0 aliphatic rings. The molecule has 1 heterocycles. The molecule has 14 heavy (non-hydrogen) atoms. The van der Waals surface area contributed by atoms with Gasteiger partial charge in [-0.15, -0.1) is 0 Å². The first kappa shape index (κ1) is 9.24. The predicted octanol–water partition coefficient (Wildman–Crippen LogP) is 1.51. The van der Waals surface area contributed by atoms with Gasteiger partial charge in [0.1, 0.15) is 0 Å². The molecule has 3 heteroatoms. The van der Waals surface area contributed by atoms with E-state index >= 15 is 0 Å². The molecule has 1 aromatic heterocycles. The summed E-state index contributed by atoms with van der Waals surface area (Å²) >= 11 is 0. The van der Waals surface area contributed by atoms with Crippen LogP contribution in [0.25, 0.3) is 10.9 Å². The van der Waals surface area contributed by atoms with Crippen LogP contribution in [-0.2, 0) is 0 Å². The molecule has 0 bridgehead atoms. The zero-order valence-corrected chi connectivity index (χ0v) is 8.20. The average molecular weight is 189 g/mol. The van der Waals surface area contributed by atoms with Gasteiger partial charge >= 0.3 is 0 Å². The van der Waals surface area contributed by atoms with Gasteiger partial charge in [-0.05, 0) is 30.0 Å². The summed E-state index contributed by atoms with van der Waals surface area (Å²) in [4.78, 5) is 3.16. The predicted molar refractivity (Wildman–Crippen MR) is 58.9 cm³/mol. The Morgan fingerprint density at radius 1 is 1.21 bits per heavy atom. The first-order valence-electron chi connectivity index (χ1n) is 4.76. The summed E-state index contributed by atoms with van der Waals surface area (Å²) in [6, 6.07) is 8.07. The van der Waals surface area contributed by atoms with Crippen LogP contribution >= 0.6 is 0 Å². The maximum atomic E-state index is 5.96. The maximum absolute atomic E-state index is 5.96. The first-order valence-corrected chi connectivity index (χ1v) is 4.76. The van der Waals surface area contributed by atoms with Crippen molar-refractivity contribution in [1.82, 2.24) is 4.98 Å². The van der Waals surface area contributed by atoms with E-state index in [1.54, 1.807) is 0 Å². The number of rotatable bonds is 2. The summed E-state index contributed by atoms with van der Waals surface area (Å²) in [6.07, 6.45) is 1.92. The van der Waals surface area contributed by atoms with E-state index in [2.05, 4.69) is 17.1 Å². The van der Waals surface area contributed by atoms with Crippen LogP contribution in [0, 0.1) is 0 Å². The SMILES string of the molecule is C[C@H](N)[C@@H](N)c1ccc2cc[nH]c2c1. The van der Waals surface area contributed by atoms with Crippen molar-refractivity contribution in [3.05, 3.63) is 36.0 Å². The Kier molecular flexibility index (Phi) is 2.27. The highest BCUT2D eigenvalue weighted by Gasteiger charge is 2.10. The van der Waals surface area contributed by atoms with Crippen LogP contribution in [0.5, 0.6) is 0 Å². The number of benzene rings is 1. The molecule has 74 valence electrons. The second-order valence-corrected chi connectivity index (χ2v) is 3.71. The van der Waals surface area contributed by atoms with Gasteiger partial charge in [0.2, 0.25) is 0 Å². The van der Waals surface area contributed by atoms with Gasteiger partial charge in [-0.1, -0.05) is 12.1 Å². The number of H-pyrrole nitrogens is 1. The van der Waals surface area contributed by atoms with Crippen molar-refractivity contribution < 1.29 is 0 Å². The third kappa shape index (κ3) is 1.52. The zero-order valence-electron chi connectivity index (χ0n) is 8.20. The average Bonchev–Trinajstić information content (AvgIpc) is 2.62. The molecule has 3 nitrogen and oxygen atoms in total. The van der Waals surface area contributed by atoms with Gasteiger partial charge in [-0.25, -0.2) is 0 Å². The number of aromatic nitrogens is 1. The molecule has 2 aromatic rings. The summed E-state index contributed by atoms with van der Waals surface area (Å²) in [5.41, 5.74) is 13.9. The van der Waals surface area contributed by atoms with Gasteiger partial charge in [0, 0.05) is 23.8 Å². The van der Waals surface area contributed by atoms with E-state index in [9.17, 15) is 0 Å². The van der Waals surface area contributed by atoms with Gasteiger partial charge in [0.25, 0.3) is 0 Å². The summed E-state index contributed by atoms with van der Waals surface area (Å²) in [7, 11) is 0. The summed E-state index contributed by atoms with van der Waals surface area (Å²) < 4.78 is 0. The van der Waals surface area contributed by atoms with E-state index in [0.29, 0.717) is 0 Å². The van der Waals surface area contributed by atoms with Gasteiger partial charge in [-0.2, -0.15) is 0 Å². The maximum Gasteiger partial charge on any atom is 0.0457 e. The molecule has 0 amide bonds. The lowest BCUT2D eigenvalue weighted by molar-refractivity contribution is 0.589. The number of fused-ring (bicyclic) bond motifs is 1. The van der Waals surface area contributed by atoms with Crippen molar-refractivity contribution in [2.75, 3.05) is 0 Å². The topological polar surface area (TPSA) is 67.8 Å². The number of nitrogens with two attached hydrogens (primary N) is 2. The normalized spacial score (nSPS) is 15.6. The van der Waals surface area contributed by atoms with Gasteiger partial charge in [-0.3, -0.25) is 0 Å². The lowest BCUT2D eigenvalue weighted by atomic mass is 10.0. The number of hydrogen-bond acceptors (Lipinski definition) is 2. The molecule has 0 fully saturated rings. The number of nitrogens with one attached hydrogen (secondary N) is 1. The number of aromatic amines is 1. The van der Waals surface area contributed by atoms with E-state index in [1.807, 2.05) is 25.3 Å². The van der Waals surface area contributed by atoms with Crippen LogP contribution in [0.4, 0.5) is 0 Å². The lowest BCUT2D eigenvalue weighted by Gasteiger charge is -2.15. The van der Waals surface area contributed by atoms with Crippen LogP contribution < -0.4 is 11.5 Å². The molecule has 0 radical (unpaired) electrons. The molecule has 0 aliphatic carbocycles. The van der Waals surface area contributed by atoms with Crippen molar-refractivity contribution in [1.29, 1.82) is 0 Å². The monoisotopic (exact) mass is 189 g/mol. The minimum absolute atomic E-state index is 0.0255. The Morgan fingerprint density at radius 3 is 2.71 bits per heavy atom. The molecular formula is C11H15N3. The fourth-order valence-electron chi connectivity index (χ4n) is 1.58. The molecule has 0 unspecified atom stereocenters. The van der Waals surface area contributed by atoms with Gasteiger partial charge in [0.05, 0.1) is 0 Å². The quantitative estimate of drug-likeness (QED) is 0.670. The molecule has 2 atom stereocenters. The molecule has 0 saturated heterocycles. The largest absolute Gasteiger partial charge is 0.361 e. The lowest BCUT2D eigenvalue weighted by Crippen LogP contribution is -2.30. The van der Waals surface area contributed by atoms with E-state index < -0.39 is 0 Å². The third-order valence-corrected chi connectivity index (χ3v) is 2.53.